The summed E-state index contributed by atoms with van der Waals surface area (Å²) in [5.74, 6) is -0.256. The summed E-state index contributed by atoms with van der Waals surface area (Å²) in [5, 5.41) is 2.87. The van der Waals surface area contributed by atoms with E-state index in [9.17, 15) is 9.59 Å². The second-order valence-corrected chi connectivity index (χ2v) is 8.15. The molecular weight excluding hydrogens is 352 g/mol. The van der Waals surface area contributed by atoms with Crippen LogP contribution in [0.4, 0.5) is 0 Å². The fourth-order valence-corrected chi connectivity index (χ4v) is 4.45. The minimum atomic E-state index is -0.371. The molecule has 1 aromatic rings. The highest BCUT2D eigenvalue weighted by Crippen LogP contribution is 2.24. The van der Waals surface area contributed by atoms with Gasteiger partial charge in [0, 0.05) is 32.1 Å². The summed E-state index contributed by atoms with van der Waals surface area (Å²) >= 11 is 0. The van der Waals surface area contributed by atoms with Crippen molar-refractivity contribution in [1.82, 2.24) is 15.1 Å². The third kappa shape index (κ3) is 6.31. The molecule has 154 valence electrons. The lowest BCUT2D eigenvalue weighted by Gasteiger charge is -2.42. The molecule has 3 N–H and O–H groups in total. The molecule has 0 saturated carbocycles. The highest BCUT2D eigenvalue weighted by molar-refractivity contribution is 5.80. The lowest BCUT2D eigenvalue weighted by Crippen LogP contribution is -2.51. The molecular formula is C22H34N4O2. The third-order valence-corrected chi connectivity index (χ3v) is 6.13. The summed E-state index contributed by atoms with van der Waals surface area (Å²) in [5.41, 5.74) is 6.55. The van der Waals surface area contributed by atoms with Gasteiger partial charge in [-0.25, -0.2) is 0 Å². The van der Waals surface area contributed by atoms with Crippen LogP contribution in [0.2, 0.25) is 0 Å². The van der Waals surface area contributed by atoms with Crippen molar-refractivity contribution < 1.29 is 9.59 Å². The van der Waals surface area contributed by atoms with Gasteiger partial charge in [0.1, 0.15) is 0 Å². The van der Waals surface area contributed by atoms with Crippen LogP contribution in [0.3, 0.4) is 0 Å². The Morgan fingerprint density at radius 2 is 1.82 bits per heavy atom. The Labute approximate surface area is 168 Å². The SMILES string of the molecule is NC(=O)CCNC(=O)[C@H]1CCCN(C2CCN(CCc3ccccc3)CC2)C1. The van der Waals surface area contributed by atoms with Crippen LogP contribution in [0.1, 0.15) is 37.7 Å². The number of carbonyl (C=O) groups is 2. The average Bonchev–Trinajstić information content (AvgIpc) is 2.73. The number of primary amides is 1. The lowest BCUT2D eigenvalue weighted by molar-refractivity contribution is -0.127. The molecule has 0 bridgehead atoms. The fraction of sp³-hybridized carbons (Fsp3) is 0.636. The van der Waals surface area contributed by atoms with Crippen molar-refractivity contribution in [3.8, 4) is 0 Å². The number of nitrogens with two attached hydrogens (primary N) is 1. The summed E-state index contributed by atoms with van der Waals surface area (Å²) in [6.45, 7) is 5.70. The van der Waals surface area contributed by atoms with Crippen molar-refractivity contribution in [1.29, 1.82) is 0 Å². The maximum atomic E-state index is 12.4. The minimum absolute atomic E-state index is 0.0396. The number of benzene rings is 1. The van der Waals surface area contributed by atoms with E-state index in [1.165, 1.54) is 18.4 Å². The van der Waals surface area contributed by atoms with E-state index in [4.69, 9.17) is 5.73 Å². The van der Waals surface area contributed by atoms with E-state index in [2.05, 4.69) is 45.4 Å². The van der Waals surface area contributed by atoms with E-state index in [0.717, 1.165) is 52.0 Å². The van der Waals surface area contributed by atoms with Gasteiger partial charge in [-0.3, -0.25) is 14.5 Å². The van der Waals surface area contributed by atoms with Crippen molar-refractivity contribution in [2.24, 2.45) is 11.7 Å². The van der Waals surface area contributed by atoms with Gasteiger partial charge in [-0.2, -0.15) is 0 Å². The van der Waals surface area contributed by atoms with Gasteiger partial charge in [-0.15, -0.1) is 0 Å². The molecule has 0 unspecified atom stereocenters. The van der Waals surface area contributed by atoms with Crippen molar-refractivity contribution >= 4 is 11.8 Å². The number of likely N-dealkylation sites (tertiary alicyclic amines) is 2. The molecule has 2 saturated heterocycles. The molecule has 0 aromatic heterocycles. The summed E-state index contributed by atoms with van der Waals surface area (Å²) in [6, 6.07) is 11.3. The Hall–Kier alpha value is -1.92. The van der Waals surface area contributed by atoms with Crippen LogP contribution < -0.4 is 11.1 Å². The van der Waals surface area contributed by atoms with E-state index in [0.29, 0.717) is 12.6 Å². The van der Waals surface area contributed by atoms with Crippen molar-refractivity contribution in [3.05, 3.63) is 35.9 Å². The van der Waals surface area contributed by atoms with Gasteiger partial charge in [-0.05, 0) is 57.3 Å². The standard InChI is InChI=1S/C22H34N4O2/c23-21(27)8-12-24-22(28)19-7-4-13-26(17-19)20-10-15-25(16-11-20)14-9-18-5-2-1-3-6-18/h1-3,5-6,19-20H,4,7-17H2,(H2,23,27)(H,24,28)/t19-/m0/s1. The van der Waals surface area contributed by atoms with E-state index < -0.39 is 0 Å². The molecule has 2 heterocycles. The topological polar surface area (TPSA) is 78.7 Å². The molecule has 1 aromatic carbocycles. The molecule has 1 atom stereocenters. The first-order chi connectivity index (χ1) is 13.6. The zero-order valence-corrected chi connectivity index (χ0v) is 16.8. The number of rotatable bonds is 8. The van der Waals surface area contributed by atoms with Crippen LogP contribution in [0.25, 0.3) is 0 Å². The Morgan fingerprint density at radius 3 is 2.54 bits per heavy atom. The van der Waals surface area contributed by atoms with Crippen molar-refractivity contribution in [3.63, 3.8) is 0 Å². The third-order valence-electron chi connectivity index (χ3n) is 6.13. The van der Waals surface area contributed by atoms with E-state index in [1.54, 1.807) is 0 Å². The van der Waals surface area contributed by atoms with Crippen LogP contribution in [0, 0.1) is 5.92 Å². The molecule has 2 fully saturated rings. The predicted octanol–water partition coefficient (Wildman–Crippen LogP) is 1.40. The first-order valence-corrected chi connectivity index (χ1v) is 10.7. The second-order valence-electron chi connectivity index (χ2n) is 8.15. The normalized spacial score (nSPS) is 22.1. The number of hydrogen-bond acceptors (Lipinski definition) is 4. The highest BCUT2D eigenvalue weighted by atomic mass is 16.2. The molecule has 3 rings (SSSR count). The molecule has 2 aliphatic heterocycles. The van der Waals surface area contributed by atoms with Crippen LogP contribution in [0.15, 0.2) is 30.3 Å². The van der Waals surface area contributed by atoms with Gasteiger partial charge in [0.15, 0.2) is 0 Å². The molecule has 0 aliphatic carbocycles. The van der Waals surface area contributed by atoms with Gasteiger partial charge in [0.25, 0.3) is 0 Å². The molecule has 6 heteroatoms. The minimum Gasteiger partial charge on any atom is -0.370 e. The van der Waals surface area contributed by atoms with Crippen LogP contribution in [-0.4, -0.2) is 66.9 Å². The van der Waals surface area contributed by atoms with Crippen LogP contribution >= 0.6 is 0 Å². The first kappa shape index (κ1) is 20.8. The smallest absolute Gasteiger partial charge is 0.224 e. The largest absolute Gasteiger partial charge is 0.370 e. The lowest BCUT2D eigenvalue weighted by atomic mass is 9.93. The first-order valence-electron chi connectivity index (χ1n) is 10.7. The van der Waals surface area contributed by atoms with Gasteiger partial charge in [0.2, 0.25) is 11.8 Å². The highest BCUT2D eigenvalue weighted by Gasteiger charge is 2.31. The number of nitrogens with one attached hydrogen (secondary N) is 1. The molecule has 6 nitrogen and oxygen atoms in total. The van der Waals surface area contributed by atoms with Gasteiger partial charge >= 0.3 is 0 Å². The van der Waals surface area contributed by atoms with Crippen molar-refractivity contribution in [2.75, 3.05) is 39.3 Å². The fourth-order valence-electron chi connectivity index (χ4n) is 4.45. The number of piperidine rings is 2. The Morgan fingerprint density at radius 1 is 1.07 bits per heavy atom. The maximum absolute atomic E-state index is 12.4. The van der Waals surface area contributed by atoms with Gasteiger partial charge in [-0.1, -0.05) is 30.3 Å². The van der Waals surface area contributed by atoms with Crippen molar-refractivity contribution in [2.45, 2.75) is 44.6 Å². The second kappa shape index (κ2) is 10.6. The number of amides is 2. The zero-order chi connectivity index (χ0) is 19.8. The average molecular weight is 387 g/mol. The Balaban J connectivity index is 1.38. The van der Waals surface area contributed by atoms with E-state index in [-0.39, 0.29) is 24.2 Å². The number of carbonyl (C=O) groups excluding carboxylic acids is 2. The molecule has 2 amide bonds. The molecule has 0 radical (unpaired) electrons. The number of hydrogen-bond donors (Lipinski definition) is 2. The van der Waals surface area contributed by atoms with E-state index in [1.807, 2.05) is 0 Å². The Kier molecular flexibility index (Phi) is 7.86. The maximum Gasteiger partial charge on any atom is 0.224 e. The molecule has 28 heavy (non-hydrogen) atoms. The summed E-state index contributed by atoms with van der Waals surface area (Å²) in [4.78, 5) is 28.3. The number of nitrogens with zero attached hydrogens (tertiary/aromatic N) is 2. The molecule has 0 spiro atoms. The van der Waals surface area contributed by atoms with Crippen LogP contribution in [-0.2, 0) is 16.0 Å². The summed E-state index contributed by atoms with van der Waals surface area (Å²) in [6.07, 6.45) is 5.71. The van der Waals surface area contributed by atoms with Gasteiger partial charge < -0.3 is 16.0 Å². The van der Waals surface area contributed by atoms with Gasteiger partial charge in [0.05, 0.1) is 5.92 Å². The zero-order valence-electron chi connectivity index (χ0n) is 16.8. The summed E-state index contributed by atoms with van der Waals surface area (Å²) in [7, 11) is 0. The summed E-state index contributed by atoms with van der Waals surface area (Å²) < 4.78 is 0. The molecule has 2 aliphatic rings. The Bertz CT molecular complexity index is 629. The van der Waals surface area contributed by atoms with E-state index >= 15 is 0 Å². The van der Waals surface area contributed by atoms with Crippen LogP contribution in [0.5, 0.6) is 0 Å². The quantitative estimate of drug-likeness (QED) is 0.708. The predicted molar refractivity (Wildman–Crippen MR) is 111 cm³/mol. The monoisotopic (exact) mass is 386 g/mol.